The zero-order chi connectivity index (χ0) is 17.1. The van der Waals surface area contributed by atoms with Crippen molar-refractivity contribution in [3.8, 4) is 5.82 Å². The average Bonchev–Trinajstić information content (AvgIpc) is 3.31. The summed E-state index contributed by atoms with van der Waals surface area (Å²) in [6.45, 7) is 0.986. The van der Waals surface area contributed by atoms with Gasteiger partial charge in [0.05, 0.1) is 24.7 Å². The lowest BCUT2D eigenvalue weighted by molar-refractivity contribution is 0.271. The normalized spacial score (nSPS) is 11.1. The molecule has 0 saturated heterocycles. The molecule has 4 rings (SSSR count). The van der Waals surface area contributed by atoms with Crippen LogP contribution in [0.25, 0.3) is 16.9 Å². The van der Waals surface area contributed by atoms with Crippen molar-refractivity contribution in [1.82, 2.24) is 34.5 Å². The summed E-state index contributed by atoms with van der Waals surface area (Å²) in [5.74, 6) is 1.47. The van der Waals surface area contributed by atoms with Gasteiger partial charge in [-0.25, -0.2) is 24.3 Å². The quantitative estimate of drug-likeness (QED) is 0.541. The molecule has 0 aromatic carbocycles. The van der Waals surface area contributed by atoms with E-state index in [1.807, 2.05) is 24.4 Å². The number of aliphatic hydroxyl groups is 1. The van der Waals surface area contributed by atoms with Gasteiger partial charge in [0.15, 0.2) is 11.5 Å². The van der Waals surface area contributed by atoms with Gasteiger partial charge < -0.3 is 10.4 Å². The number of aliphatic hydroxyl groups excluding tert-OH is 1. The molecule has 0 spiro atoms. The number of hydrogen-bond donors (Lipinski definition) is 2. The number of fused-ring (bicyclic) bond motifs is 1. The monoisotopic (exact) mass is 336 g/mol. The summed E-state index contributed by atoms with van der Waals surface area (Å²) in [7, 11) is 0. The van der Waals surface area contributed by atoms with E-state index in [9.17, 15) is 0 Å². The Morgan fingerprint density at radius 3 is 2.80 bits per heavy atom. The lowest BCUT2D eigenvalue weighted by Crippen LogP contribution is -2.06. The fraction of sp³-hybridized carbons (Fsp3) is 0.188. The summed E-state index contributed by atoms with van der Waals surface area (Å²) in [6, 6.07) is 5.76. The van der Waals surface area contributed by atoms with Gasteiger partial charge in [-0.05, 0) is 17.7 Å². The summed E-state index contributed by atoms with van der Waals surface area (Å²) in [5.41, 5.74) is 1.71. The maximum absolute atomic E-state index is 9.08. The van der Waals surface area contributed by atoms with E-state index in [-0.39, 0.29) is 6.61 Å². The van der Waals surface area contributed by atoms with E-state index < -0.39 is 0 Å². The smallest absolute Gasteiger partial charge is 0.163 e. The summed E-state index contributed by atoms with van der Waals surface area (Å²) < 4.78 is 3.36. The maximum Gasteiger partial charge on any atom is 0.163 e. The minimum absolute atomic E-state index is 0.0117. The Bertz CT molecular complexity index is 962. The van der Waals surface area contributed by atoms with E-state index in [1.54, 1.807) is 28.0 Å². The van der Waals surface area contributed by atoms with Crippen LogP contribution in [0.15, 0.2) is 49.3 Å². The number of hydrogen-bond acceptors (Lipinski definition) is 7. The Balaban J connectivity index is 1.50. The van der Waals surface area contributed by atoms with Crippen molar-refractivity contribution >= 4 is 16.9 Å². The van der Waals surface area contributed by atoms with E-state index in [0.717, 1.165) is 16.8 Å². The first-order chi connectivity index (χ1) is 12.3. The van der Waals surface area contributed by atoms with Crippen LogP contribution < -0.4 is 5.32 Å². The molecule has 0 radical (unpaired) electrons. The molecule has 0 unspecified atom stereocenters. The molecule has 0 aliphatic carbocycles. The van der Waals surface area contributed by atoms with Gasteiger partial charge in [-0.1, -0.05) is 6.07 Å². The maximum atomic E-state index is 9.08. The fourth-order valence-electron chi connectivity index (χ4n) is 2.54. The van der Waals surface area contributed by atoms with E-state index >= 15 is 0 Å². The van der Waals surface area contributed by atoms with Crippen molar-refractivity contribution in [3.63, 3.8) is 0 Å². The number of pyridine rings is 1. The molecule has 126 valence electrons. The summed E-state index contributed by atoms with van der Waals surface area (Å²) in [5, 5.41) is 21.6. The van der Waals surface area contributed by atoms with Crippen LogP contribution in [-0.4, -0.2) is 46.2 Å². The SMILES string of the molecule is OCCn1ncc2c(NCc3ccc(-n4cccn4)nc3)ncnc21. The first kappa shape index (κ1) is 15.2. The molecule has 4 aromatic rings. The lowest BCUT2D eigenvalue weighted by atomic mass is 10.2. The van der Waals surface area contributed by atoms with Crippen molar-refractivity contribution < 1.29 is 5.11 Å². The molecule has 9 heteroatoms. The molecular formula is C16H16N8O. The number of anilines is 1. The summed E-state index contributed by atoms with van der Waals surface area (Å²) in [4.78, 5) is 12.9. The van der Waals surface area contributed by atoms with Gasteiger partial charge in [0, 0.05) is 25.1 Å². The largest absolute Gasteiger partial charge is 0.394 e. The lowest BCUT2D eigenvalue weighted by Gasteiger charge is -2.07. The van der Waals surface area contributed by atoms with Gasteiger partial charge >= 0.3 is 0 Å². The number of nitrogens with one attached hydrogen (secondary N) is 1. The molecule has 0 aliphatic heterocycles. The van der Waals surface area contributed by atoms with Gasteiger partial charge in [-0.3, -0.25) is 0 Å². The van der Waals surface area contributed by atoms with Crippen molar-refractivity contribution in [2.75, 3.05) is 11.9 Å². The van der Waals surface area contributed by atoms with Crippen LogP contribution in [0, 0.1) is 0 Å². The topological polar surface area (TPSA) is 107 Å². The molecule has 0 fully saturated rings. The highest BCUT2D eigenvalue weighted by molar-refractivity contribution is 5.86. The second-order valence-corrected chi connectivity index (χ2v) is 5.38. The van der Waals surface area contributed by atoms with Crippen LogP contribution in [0.1, 0.15) is 5.56 Å². The molecule has 4 aromatic heterocycles. The average molecular weight is 336 g/mol. The molecule has 0 bridgehead atoms. The van der Waals surface area contributed by atoms with Crippen LogP contribution in [0.3, 0.4) is 0 Å². The van der Waals surface area contributed by atoms with E-state index in [1.165, 1.54) is 6.33 Å². The van der Waals surface area contributed by atoms with Crippen molar-refractivity contribution in [1.29, 1.82) is 0 Å². The number of nitrogens with zero attached hydrogens (tertiary/aromatic N) is 7. The molecule has 25 heavy (non-hydrogen) atoms. The second-order valence-electron chi connectivity index (χ2n) is 5.38. The minimum atomic E-state index is 0.0117. The number of aromatic nitrogens is 7. The van der Waals surface area contributed by atoms with Crippen LogP contribution in [0.2, 0.25) is 0 Å². The minimum Gasteiger partial charge on any atom is -0.394 e. The molecule has 9 nitrogen and oxygen atoms in total. The van der Waals surface area contributed by atoms with Gasteiger partial charge in [-0.15, -0.1) is 0 Å². The van der Waals surface area contributed by atoms with E-state index in [4.69, 9.17) is 5.11 Å². The van der Waals surface area contributed by atoms with Crippen molar-refractivity contribution in [3.05, 3.63) is 54.9 Å². The van der Waals surface area contributed by atoms with Crippen LogP contribution in [0.4, 0.5) is 5.82 Å². The zero-order valence-electron chi connectivity index (χ0n) is 13.3. The third-order valence-corrected chi connectivity index (χ3v) is 3.75. The van der Waals surface area contributed by atoms with Crippen molar-refractivity contribution in [2.45, 2.75) is 13.1 Å². The number of rotatable bonds is 6. The molecule has 0 aliphatic rings. The van der Waals surface area contributed by atoms with E-state index in [2.05, 4.69) is 30.5 Å². The molecule has 4 heterocycles. The molecular weight excluding hydrogens is 320 g/mol. The summed E-state index contributed by atoms with van der Waals surface area (Å²) in [6.07, 6.45) is 8.56. The first-order valence-corrected chi connectivity index (χ1v) is 7.81. The highest BCUT2D eigenvalue weighted by Crippen LogP contribution is 2.19. The Morgan fingerprint density at radius 2 is 2.04 bits per heavy atom. The highest BCUT2D eigenvalue weighted by Gasteiger charge is 2.09. The Hall–Kier alpha value is -3.33. The van der Waals surface area contributed by atoms with Crippen LogP contribution in [0.5, 0.6) is 0 Å². The van der Waals surface area contributed by atoms with Crippen LogP contribution in [-0.2, 0) is 13.1 Å². The zero-order valence-corrected chi connectivity index (χ0v) is 13.3. The van der Waals surface area contributed by atoms with Gasteiger partial charge in [0.25, 0.3) is 0 Å². The Kier molecular flexibility index (Phi) is 4.05. The standard InChI is InChI=1S/C16H16N8O/c25-7-6-24-16-13(10-22-24)15(19-11-20-16)18-9-12-2-3-14(17-8-12)23-5-1-4-21-23/h1-5,8,10-11,25H,6-7,9H2,(H,18,19,20). The fourth-order valence-corrected chi connectivity index (χ4v) is 2.54. The van der Waals surface area contributed by atoms with E-state index in [0.29, 0.717) is 24.6 Å². The van der Waals surface area contributed by atoms with Gasteiger partial charge in [-0.2, -0.15) is 10.2 Å². The highest BCUT2D eigenvalue weighted by atomic mass is 16.3. The molecule has 0 atom stereocenters. The van der Waals surface area contributed by atoms with Gasteiger partial charge in [0.1, 0.15) is 12.1 Å². The predicted octanol–water partition coefficient (Wildman–Crippen LogP) is 1.01. The third kappa shape index (κ3) is 3.04. The van der Waals surface area contributed by atoms with Crippen molar-refractivity contribution in [2.24, 2.45) is 0 Å². The van der Waals surface area contributed by atoms with Gasteiger partial charge in [0.2, 0.25) is 0 Å². The Labute approximate surface area is 143 Å². The predicted molar refractivity (Wildman–Crippen MR) is 91.1 cm³/mol. The van der Waals surface area contributed by atoms with Crippen LogP contribution >= 0.6 is 0 Å². The molecule has 2 N–H and O–H groups in total. The first-order valence-electron chi connectivity index (χ1n) is 7.81. The Morgan fingerprint density at radius 1 is 1.08 bits per heavy atom. The third-order valence-electron chi connectivity index (χ3n) is 3.75. The second kappa shape index (κ2) is 6.65. The molecule has 0 amide bonds. The summed E-state index contributed by atoms with van der Waals surface area (Å²) >= 11 is 0. The molecule has 0 saturated carbocycles.